The fourth-order valence-corrected chi connectivity index (χ4v) is 2.14. The van der Waals surface area contributed by atoms with Gasteiger partial charge in [-0.1, -0.05) is 0 Å². The Balaban J connectivity index is 2.98. The van der Waals surface area contributed by atoms with Crippen molar-refractivity contribution in [3.8, 4) is 0 Å². The zero-order valence-corrected chi connectivity index (χ0v) is 10.4. The van der Waals surface area contributed by atoms with E-state index in [1.165, 1.54) is 7.05 Å². The molecule has 0 aliphatic carbocycles. The number of alkyl halides is 3. The van der Waals surface area contributed by atoms with E-state index in [1.54, 1.807) is 0 Å². The second kappa shape index (κ2) is 5.06. The molecule has 0 atom stereocenters. The molecule has 0 fully saturated rings. The van der Waals surface area contributed by atoms with Crippen LogP contribution in [0.3, 0.4) is 0 Å². The quantitative estimate of drug-likeness (QED) is 0.881. The smallest absolute Gasteiger partial charge is 0.357 e. The number of rotatable bonds is 4. The first-order chi connectivity index (χ1) is 8.16. The third kappa shape index (κ3) is 3.53. The van der Waals surface area contributed by atoms with Gasteiger partial charge in [-0.05, 0) is 0 Å². The van der Waals surface area contributed by atoms with E-state index in [2.05, 4.69) is 15.3 Å². The van der Waals surface area contributed by atoms with Crippen LogP contribution in [0.15, 0.2) is 17.3 Å². The summed E-state index contributed by atoms with van der Waals surface area (Å²) in [5.41, 5.74) is 0. The van der Waals surface area contributed by atoms with Crippen LogP contribution in [0.2, 0.25) is 0 Å². The molecule has 0 aromatic carbocycles. The van der Waals surface area contributed by atoms with Crippen molar-refractivity contribution in [2.45, 2.75) is 11.1 Å². The van der Waals surface area contributed by atoms with E-state index in [9.17, 15) is 21.6 Å². The van der Waals surface area contributed by atoms with Gasteiger partial charge in [0.25, 0.3) is 0 Å². The molecule has 1 rings (SSSR count). The SMILES string of the molecule is CNc1ncc(S(=O)(=O)N(C)CC(F)(F)F)cn1. The van der Waals surface area contributed by atoms with Crippen molar-refractivity contribution < 1.29 is 21.6 Å². The van der Waals surface area contributed by atoms with E-state index in [1.807, 2.05) is 0 Å². The Kier molecular flexibility index (Phi) is 4.12. The molecule has 0 unspecified atom stereocenters. The second-order valence-corrected chi connectivity index (χ2v) is 5.41. The second-order valence-electron chi connectivity index (χ2n) is 3.37. The Hall–Kier alpha value is -1.42. The monoisotopic (exact) mass is 284 g/mol. The van der Waals surface area contributed by atoms with E-state index in [0.717, 1.165) is 19.4 Å². The van der Waals surface area contributed by atoms with Gasteiger partial charge in [0.05, 0.1) is 12.4 Å². The predicted molar refractivity (Wildman–Crippen MR) is 57.4 cm³/mol. The minimum atomic E-state index is -4.60. The van der Waals surface area contributed by atoms with Crippen molar-refractivity contribution >= 4 is 16.0 Å². The van der Waals surface area contributed by atoms with Crippen molar-refractivity contribution in [1.82, 2.24) is 14.3 Å². The molecule has 102 valence electrons. The zero-order valence-electron chi connectivity index (χ0n) is 9.56. The molecule has 0 radical (unpaired) electrons. The maximum atomic E-state index is 12.1. The van der Waals surface area contributed by atoms with Gasteiger partial charge in [0.1, 0.15) is 11.4 Å². The summed E-state index contributed by atoms with van der Waals surface area (Å²) < 4.78 is 60.0. The molecule has 18 heavy (non-hydrogen) atoms. The summed E-state index contributed by atoms with van der Waals surface area (Å²) in [6.07, 6.45) is -2.71. The minimum absolute atomic E-state index is 0.174. The van der Waals surface area contributed by atoms with E-state index in [0.29, 0.717) is 0 Å². The van der Waals surface area contributed by atoms with E-state index in [-0.39, 0.29) is 10.3 Å². The molecule has 1 aromatic rings. The lowest BCUT2D eigenvalue weighted by molar-refractivity contribution is -0.134. The summed E-state index contributed by atoms with van der Waals surface area (Å²) >= 11 is 0. The average Bonchev–Trinajstić information content (AvgIpc) is 2.27. The Labute approximate surface area is 102 Å². The van der Waals surface area contributed by atoms with Crippen molar-refractivity contribution in [2.24, 2.45) is 0 Å². The van der Waals surface area contributed by atoms with Crippen molar-refractivity contribution in [3.05, 3.63) is 12.4 Å². The highest BCUT2D eigenvalue weighted by molar-refractivity contribution is 7.89. The highest BCUT2D eigenvalue weighted by atomic mass is 32.2. The van der Waals surface area contributed by atoms with Crippen molar-refractivity contribution in [3.63, 3.8) is 0 Å². The maximum absolute atomic E-state index is 12.1. The van der Waals surface area contributed by atoms with Gasteiger partial charge >= 0.3 is 6.18 Å². The van der Waals surface area contributed by atoms with Gasteiger partial charge in [-0.25, -0.2) is 18.4 Å². The normalized spacial score (nSPS) is 12.8. The first-order valence-electron chi connectivity index (χ1n) is 4.69. The lowest BCUT2D eigenvalue weighted by Crippen LogP contribution is -2.35. The number of hydrogen-bond donors (Lipinski definition) is 1. The molecule has 1 heterocycles. The largest absolute Gasteiger partial charge is 0.402 e. The molecule has 1 N–H and O–H groups in total. The first-order valence-corrected chi connectivity index (χ1v) is 6.13. The molecular formula is C8H11F3N4O2S. The lowest BCUT2D eigenvalue weighted by Gasteiger charge is -2.18. The third-order valence-electron chi connectivity index (χ3n) is 1.96. The minimum Gasteiger partial charge on any atom is -0.357 e. The molecule has 10 heteroatoms. The van der Waals surface area contributed by atoms with Gasteiger partial charge in [-0.15, -0.1) is 0 Å². The molecule has 0 spiro atoms. The topological polar surface area (TPSA) is 75.2 Å². The Bertz CT molecular complexity index is 500. The van der Waals surface area contributed by atoms with Crippen LogP contribution < -0.4 is 5.32 Å². The highest BCUT2D eigenvalue weighted by Crippen LogP contribution is 2.20. The maximum Gasteiger partial charge on any atom is 0.402 e. The number of aromatic nitrogens is 2. The van der Waals surface area contributed by atoms with Crippen molar-refractivity contribution in [1.29, 1.82) is 0 Å². The van der Waals surface area contributed by atoms with Gasteiger partial charge in [-0.3, -0.25) is 0 Å². The fourth-order valence-electron chi connectivity index (χ4n) is 1.10. The summed E-state index contributed by atoms with van der Waals surface area (Å²) in [4.78, 5) is 6.87. The van der Waals surface area contributed by atoms with Crippen LogP contribution in [0.5, 0.6) is 0 Å². The molecule has 0 bridgehead atoms. The molecule has 0 saturated carbocycles. The van der Waals surface area contributed by atoms with Crippen LogP contribution in [-0.2, 0) is 10.0 Å². The van der Waals surface area contributed by atoms with Gasteiger partial charge in [0, 0.05) is 14.1 Å². The average molecular weight is 284 g/mol. The van der Waals surface area contributed by atoms with Crippen LogP contribution in [0.4, 0.5) is 19.1 Å². The van der Waals surface area contributed by atoms with E-state index >= 15 is 0 Å². The van der Waals surface area contributed by atoms with Crippen LogP contribution in [0.1, 0.15) is 0 Å². The van der Waals surface area contributed by atoms with Gasteiger partial charge < -0.3 is 5.32 Å². The fraction of sp³-hybridized carbons (Fsp3) is 0.500. The van der Waals surface area contributed by atoms with Crippen LogP contribution in [-0.4, -0.2) is 49.5 Å². The van der Waals surface area contributed by atoms with Gasteiger partial charge in [0.2, 0.25) is 16.0 Å². The van der Waals surface area contributed by atoms with Crippen LogP contribution >= 0.6 is 0 Å². The number of hydrogen-bond acceptors (Lipinski definition) is 5. The van der Waals surface area contributed by atoms with Gasteiger partial charge in [-0.2, -0.15) is 17.5 Å². The van der Waals surface area contributed by atoms with Crippen molar-refractivity contribution in [2.75, 3.05) is 26.0 Å². The standard InChI is InChI=1S/C8H11F3N4O2S/c1-12-7-13-3-6(4-14-7)18(16,17)15(2)5-8(9,10)11/h3-4H,5H2,1-2H3,(H,12,13,14). The highest BCUT2D eigenvalue weighted by Gasteiger charge is 2.35. The number of anilines is 1. The molecule has 6 nitrogen and oxygen atoms in total. The number of nitrogens with zero attached hydrogens (tertiary/aromatic N) is 3. The Morgan fingerprint density at radius 2 is 1.83 bits per heavy atom. The summed E-state index contributed by atoms with van der Waals surface area (Å²) in [7, 11) is -1.87. The summed E-state index contributed by atoms with van der Waals surface area (Å²) in [6.45, 7) is -1.57. The molecule has 0 amide bonds. The summed E-state index contributed by atoms with van der Waals surface area (Å²) in [6, 6.07) is 0. The number of halogens is 3. The summed E-state index contributed by atoms with van der Waals surface area (Å²) in [5.74, 6) is 0.174. The van der Waals surface area contributed by atoms with Gasteiger partial charge in [0.15, 0.2) is 0 Å². The number of nitrogens with one attached hydrogen (secondary N) is 1. The molecule has 1 aromatic heterocycles. The van der Waals surface area contributed by atoms with E-state index < -0.39 is 27.6 Å². The molecule has 0 aliphatic rings. The first kappa shape index (κ1) is 14.6. The Morgan fingerprint density at radius 1 is 1.33 bits per heavy atom. The van der Waals surface area contributed by atoms with Crippen LogP contribution in [0, 0.1) is 0 Å². The molecular weight excluding hydrogens is 273 g/mol. The zero-order chi connectivity index (χ0) is 14.0. The predicted octanol–water partition coefficient (Wildman–Crippen LogP) is 0.701. The number of sulfonamides is 1. The van der Waals surface area contributed by atoms with Crippen LogP contribution in [0.25, 0.3) is 0 Å². The summed E-state index contributed by atoms with van der Waals surface area (Å²) in [5, 5.41) is 2.56. The Morgan fingerprint density at radius 3 is 2.22 bits per heavy atom. The molecule has 0 saturated heterocycles. The lowest BCUT2D eigenvalue weighted by atomic mass is 10.6. The third-order valence-corrected chi connectivity index (χ3v) is 3.72. The van der Waals surface area contributed by atoms with E-state index in [4.69, 9.17) is 0 Å². The molecule has 0 aliphatic heterocycles.